The predicted octanol–water partition coefficient (Wildman–Crippen LogP) is 1.64. The Balaban J connectivity index is 0.000000538. The number of thiazole rings is 2. The number of carboxylic acids is 2. The van der Waals surface area contributed by atoms with Gasteiger partial charge in [0.1, 0.15) is 33.7 Å². The second kappa shape index (κ2) is 49.0. The number of hydrogen-bond acceptors (Lipinski definition) is 25. The fourth-order valence-corrected chi connectivity index (χ4v) is 16.6. The molecule has 5 aliphatic rings. The minimum absolute atomic E-state index is 0. The van der Waals surface area contributed by atoms with Gasteiger partial charge in [0.25, 0.3) is 17.9 Å². The van der Waals surface area contributed by atoms with Gasteiger partial charge in [-0.1, -0.05) is 98.3 Å². The average molecular weight is 1640 g/mol. The van der Waals surface area contributed by atoms with Gasteiger partial charge >= 0.3 is 115 Å². The Morgan fingerprint density at radius 1 is 0.651 bits per heavy atom. The van der Waals surface area contributed by atoms with Crippen LogP contribution in [0.2, 0.25) is 0 Å². The van der Waals surface area contributed by atoms with Crippen molar-refractivity contribution >= 4 is 139 Å². The number of nitrogens with zero attached hydrogens (tertiary/aromatic N) is 5. The number of aliphatic imine (C=N–C) groups is 2. The van der Waals surface area contributed by atoms with Crippen LogP contribution in [-0.2, 0) is 76.1 Å². The van der Waals surface area contributed by atoms with E-state index in [1.165, 1.54) is 102 Å². The number of aromatic nitrogens is 3. The molecule has 2 aliphatic carbocycles. The van der Waals surface area contributed by atoms with Gasteiger partial charge < -0.3 is 59.1 Å². The number of ketones is 5. The van der Waals surface area contributed by atoms with Gasteiger partial charge in [-0.3, -0.25) is 72.3 Å². The van der Waals surface area contributed by atoms with Crippen LogP contribution in [0.1, 0.15) is 286 Å². The molecule has 1 spiro atoms. The fourth-order valence-electron chi connectivity index (χ4n) is 12.7. The van der Waals surface area contributed by atoms with E-state index in [0.717, 1.165) is 49.1 Å². The summed E-state index contributed by atoms with van der Waals surface area (Å²) in [6, 6.07) is -1.08. The van der Waals surface area contributed by atoms with Crippen molar-refractivity contribution in [2.45, 2.75) is 269 Å². The smallest absolute Gasteiger partial charge is 1.00 e. The maximum atomic E-state index is 13.6. The predicted molar refractivity (Wildman–Crippen MR) is 402 cm³/mol. The molecule has 0 radical (unpaired) electrons. The Morgan fingerprint density at radius 3 is 1.61 bits per heavy atom. The normalized spacial score (nSPS) is 16.8. The number of amides is 6. The number of nitrogens with one attached hydrogen (secondary N) is 4. The summed E-state index contributed by atoms with van der Waals surface area (Å²) in [5.74, 6) is -5.97. The molecule has 0 unspecified atom stereocenters. The molecule has 3 aliphatic heterocycles. The zero-order valence-electron chi connectivity index (χ0n) is 64.2. The van der Waals surface area contributed by atoms with Crippen molar-refractivity contribution < 1.29 is 192 Å². The number of rotatable bonds is 49. The molecular weight excluding hydrogens is 1540 g/mol. The summed E-state index contributed by atoms with van der Waals surface area (Å²) in [6.45, 7) is 7.80. The summed E-state index contributed by atoms with van der Waals surface area (Å²) in [6.07, 6.45) is 17.3. The van der Waals surface area contributed by atoms with Gasteiger partial charge in [-0.2, -0.15) is 0 Å². The average Bonchev–Trinajstić information content (AvgIpc) is 1.55. The zero-order valence-corrected chi connectivity index (χ0v) is 72.7. The Kier molecular flexibility index (Phi) is 43.3. The number of carbonyl (C=O) groups excluding carboxylic acids is 12. The second-order valence-electron chi connectivity index (χ2n) is 28.1. The maximum absolute atomic E-state index is 13.6. The fraction of sp³-hybridized carbons (Fsp3) is 0.630. The minimum atomic E-state index is -1.14. The molecule has 2 saturated carbocycles. The van der Waals surface area contributed by atoms with E-state index in [0.29, 0.717) is 89.2 Å². The Labute approximate surface area is 736 Å². The third kappa shape index (κ3) is 32.5. The number of carbonyl (C=O) groups is 14. The summed E-state index contributed by atoms with van der Waals surface area (Å²) in [4.78, 5) is 204. The number of pyridine rings is 1. The summed E-state index contributed by atoms with van der Waals surface area (Å²) in [7, 11) is 0. The summed E-state index contributed by atoms with van der Waals surface area (Å²) < 4.78 is 1.58. The molecule has 109 heavy (non-hydrogen) atoms. The van der Waals surface area contributed by atoms with Gasteiger partial charge in [0, 0.05) is 79.0 Å². The van der Waals surface area contributed by atoms with Gasteiger partial charge in [-0.15, -0.1) is 46.2 Å². The monoisotopic (exact) mass is 1640 g/mol. The third-order valence-electron chi connectivity index (χ3n) is 19.0. The molecular formula is C73H101K2N11O19S4. The third-order valence-corrected chi connectivity index (χ3v) is 23.0. The van der Waals surface area contributed by atoms with E-state index in [1.807, 2.05) is 13.8 Å². The molecule has 0 saturated heterocycles. The topological polar surface area (TPSA) is 484 Å². The second-order valence-corrected chi connectivity index (χ2v) is 32.0. The van der Waals surface area contributed by atoms with Crippen LogP contribution in [-0.4, -0.2) is 147 Å². The molecule has 8 rings (SSSR count). The summed E-state index contributed by atoms with van der Waals surface area (Å²) >= 11 is 5.39. The standard InChI is InChI=1S/C41H61N5O9S2.C31H38N6O7S2.CH2O3.2K.H/c1-3-4-5-6-7-8-9-10-11-12-13-14-36(52)43-30(24-35(42)51)33(49)21-27(2)15-16-29(48)23-37(53)46-41(19-20-41)34(50)22-28(47)17-18-38-44-31(25-56-38)39-45-32(26-57-39)40(54)55;1-3-4-5-24(40)33-18(12-23(32)39)22(38)10-16(2)6-7-21-27-17(31(8-9-31)36-28(27)42)11-26(41)37(21)13-25-34-19(14-45-25)29-35-20(15-46-29)30(43)44;2-1-4-3;;;/h26-27,30-31H,3-25H2,1-2H3,(H2,42,51)(H,43,52)(H,46,53)(H,54,55);11,15-16,18-19H,3-10,12-14H2,1-2H3,(H2,32,39)(H,33,40)(H,36,42)(H,43,44);1,3H;;;/q;;;2*+1;-1/p-1/t27-,30+,31-;16-,18+,19-;;;;/m00..../s1. The van der Waals surface area contributed by atoms with Gasteiger partial charge in [-0.25, -0.2) is 19.6 Å². The first kappa shape index (κ1) is 96.4. The molecule has 30 nitrogen and oxygen atoms in total. The first-order valence-corrected chi connectivity index (χ1v) is 40.4. The number of thioether (sulfide) groups is 2. The van der Waals surface area contributed by atoms with E-state index in [9.17, 15) is 72.2 Å². The molecule has 10 N–H and O–H groups in total. The van der Waals surface area contributed by atoms with Gasteiger partial charge in [-0.05, 0) is 75.2 Å². The van der Waals surface area contributed by atoms with Crippen LogP contribution in [0, 0.1) is 11.8 Å². The van der Waals surface area contributed by atoms with E-state index < -0.39 is 59.2 Å². The van der Waals surface area contributed by atoms with Crippen molar-refractivity contribution in [3.63, 3.8) is 0 Å². The van der Waals surface area contributed by atoms with Crippen molar-refractivity contribution in [1.29, 1.82) is 0 Å². The van der Waals surface area contributed by atoms with Crippen LogP contribution in [0.4, 0.5) is 0 Å². The molecule has 2 fully saturated rings. The van der Waals surface area contributed by atoms with Crippen LogP contribution in [0.25, 0.3) is 0 Å². The largest absolute Gasteiger partial charge is 1.00 e. The quantitative estimate of drug-likeness (QED) is 0.00994. The molecule has 3 aromatic heterocycles. The number of unbranched alkanes of at least 4 members (excludes halogenated alkanes) is 11. The number of Topliss-reactive ketones (excluding diaryl/α,β-unsaturated/α-hetero) is 5. The Bertz CT molecular complexity index is 3840. The van der Waals surface area contributed by atoms with Crippen LogP contribution < -0.4 is 146 Å². The Hall–Kier alpha value is -4.94. The molecule has 0 aromatic carbocycles. The molecule has 6 amide bonds. The summed E-state index contributed by atoms with van der Waals surface area (Å²) in [5.41, 5.74) is 10.6. The number of carboxylic acid groups (broad SMARTS) is 2. The van der Waals surface area contributed by atoms with Crippen molar-refractivity contribution in [2.24, 2.45) is 33.3 Å². The Morgan fingerprint density at radius 2 is 1.13 bits per heavy atom. The van der Waals surface area contributed by atoms with Crippen molar-refractivity contribution in [2.75, 3.05) is 11.5 Å². The van der Waals surface area contributed by atoms with E-state index in [1.54, 1.807) is 17.6 Å². The number of hydrogen-bond donors (Lipinski definition) is 8. The summed E-state index contributed by atoms with van der Waals surface area (Å²) in [5, 5.41) is 43.4. The van der Waals surface area contributed by atoms with Gasteiger partial charge in [0.05, 0.1) is 71.0 Å². The van der Waals surface area contributed by atoms with Crippen molar-refractivity contribution in [3.8, 4) is 0 Å². The molecule has 6 heterocycles. The molecule has 0 bridgehead atoms. The van der Waals surface area contributed by atoms with E-state index in [4.69, 9.17) is 31.6 Å². The van der Waals surface area contributed by atoms with E-state index in [-0.39, 0.29) is 263 Å². The zero-order chi connectivity index (χ0) is 78.4. The van der Waals surface area contributed by atoms with E-state index in [2.05, 4.69) is 48.0 Å². The molecule has 3 aromatic rings. The minimum Gasteiger partial charge on any atom is -1.00 e. The first-order chi connectivity index (χ1) is 51.0. The number of fused-ring (bicyclic) bond motifs is 2. The molecule has 588 valence electrons. The van der Waals surface area contributed by atoms with Crippen LogP contribution in [0.3, 0.4) is 0 Å². The van der Waals surface area contributed by atoms with Crippen LogP contribution in [0.15, 0.2) is 31.6 Å². The van der Waals surface area contributed by atoms with Crippen molar-refractivity contribution in [1.82, 2.24) is 35.8 Å². The number of aromatic carboxylic acids is 2. The maximum Gasteiger partial charge on any atom is 1.00 e. The van der Waals surface area contributed by atoms with Crippen LogP contribution in [0.5, 0.6) is 0 Å². The molecule has 6 atom stereocenters. The van der Waals surface area contributed by atoms with E-state index >= 15 is 0 Å². The number of primary amides is 2. The van der Waals surface area contributed by atoms with Crippen LogP contribution >= 0.6 is 46.2 Å². The van der Waals surface area contributed by atoms with Gasteiger partial charge in [0.15, 0.2) is 28.7 Å². The first-order valence-electron chi connectivity index (χ1n) is 36.7. The SMILES string of the molecule is CCCCC(=O)N[C@H](CC(N)=O)C(=O)C[C@@H](C)CCc1c2c(cc(=O)n1CC1=N[C@H](c3nc(C(=O)O)cs3)CS1)C1(CC1)NC2=O.CCCCCCCCCCCCCC(=O)N[C@H](CC(N)=O)C(=O)C[C@@H](C)CCC(=O)CC(=O)NC1(C(=O)CC(=O)CCC2=N[C@H](c3nc(C(=O)O)cs3)CS2)CC1.O=CO[O-].[H-].[K+].[K+]. The molecule has 36 heteroatoms. The number of nitrogens with two attached hydrogens (primary N) is 2. The van der Waals surface area contributed by atoms with Crippen molar-refractivity contribution in [3.05, 3.63) is 65.4 Å². The van der Waals surface area contributed by atoms with Gasteiger partial charge in [0.2, 0.25) is 29.5 Å².